The lowest BCUT2D eigenvalue weighted by Crippen LogP contribution is -2.31. The maximum absolute atomic E-state index is 5.95. The van der Waals surface area contributed by atoms with Crippen molar-refractivity contribution in [1.82, 2.24) is 15.0 Å². The number of hydrogen-bond donors (Lipinski definition) is 0. The normalized spacial score (nSPS) is 13.3. The van der Waals surface area contributed by atoms with E-state index in [0.717, 1.165) is 0 Å². The van der Waals surface area contributed by atoms with E-state index in [9.17, 15) is 0 Å². The largest absolute Gasteiger partial charge is 0.245 e. The lowest BCUT2D eigenvalue weighted by Gasteiger charge is -2.27. The Morgan fingerprint density at radius 2 is 1.73 bits per heavy atom. The third kappa shape index (κ3) is 2.59. The Hall–Kier alpha value is 0.880. The first-order valence-electron chi connectivity index (χ1n) is 3.75. The topological polar surface area (TPSA) is 30.7 Å². The van der Waals surface area contributed by atoms with E-state index in [0.29, 0.717) is 6.54 Å². The van der Waals surface area contributed by atoms with Gasteiger partial charge in [-0.25, -0.2) is 4.68 Å². The van der Waals surface area contributed by atoms with Crippen LogP contribution >= 0.6 is 69.6 Å². The summed E-state index contributed by atoms with van der Waals surface area (Å²) in [5.41, 5.74) is 0.162. The molecule has 86 valence electrons. The standard InChI is InChI=1S/C6H5Cl6N3/c1-2-15-3(4(7)13-14-15)5(8,9)6(10,11)12/h2H2,1H3. The summed E-state index contributed by atoms with van der Waals surface area (Å²) >= 11 is 34.7. The van der Waals surface area contributed by atoms with E-state index in [4.69, 9.17) is 69.6 Å². The molecule has 0 aliphatic heterocycles. The molecule has 0 aliphatic rings. The van der Waals surface area contributed by atoms with Crippen LogP contribution in [0.2, 0.25) is 5.15 Å². The van der Waals surface area contributed by atoms with Gasteiger partial charge >= 0.3 is 0 Å². The zero-order chi connectivity index (χ0) is 11.9. The molecule has 0 bridgehead atoms. The highest BCUT2D eigenvalue weighted by atomic mass is 35.6. The van der Waals surface area contributed by atoms with Crippen LogP contribution in [0.15, 0.2) is 0 Å². The van der Waals surface area contributed by atoms with Gasteiger partial charge in [-0.05, 0) is 6.92 Å². The van der Waals surface area contributed by atoms with E-state index >= 15 is 0 Å². The highest BCUT2D eigenvalue weighted by Gasteiger charge is 2.51. The quantitative estimate of drug-likeness (QED) is 0.768. The molecule has 1 rings (SSSR count). The number of hydrogen-bond acceptors (Lipinski definition) is 2. The summed E-state index contributed by atoms with van der Waals surface area (Å²) in [6, 6.07) is 0. The Labute approximate surface area is 117 Å². The van der Waals surface area contributed by atoms with E-state index in [1.165, 1.54) is 4.68 Å². The average Bonchev–Trinajstić information content (AvgIpc) is 2.44. The Morgan fingerprint density at radius 1 is 1.20 bits per heavy atom. The molecular formula is C6H5Cl6N3. The van der Waals surface area contributed by atoms with Crippen molar-refractivity contribution < 1.29 is 0 Å². The molecule has 0 radical (unpaired) electrons. The van der Waals surface area contributed by atoms with Gasteiger partial charge in [-0.3, -0.25) is 0 Å². The maximum Gasteiger partial charge on any atom is 0.228 e. The van der Waals surface area contributed by atoms with Gasteiger partial charge in [0.1, 0.15) is 5.69 Å². The van der Waals surface area contributed by atoms with E-state index < -0.39 is 8.13 Å². The SMILES string of the molecule is CCn1nnc(Cl)c1C(Cl)(Cl)C(Cl)(Cl)Cl. The Morgan fingerprint density at radius 3 is 2.13 bits per heavy atom. The van der Waals surface area contributed by atoms with E-state index in [1.807, 2.05) is 0 Å². The molecule has 0 fully saturated rings. The van der Waals surface area contributed by atoms with Crippen LogP contribution in [0.3, 0.4) is 0 Å². The minimum absolute atomic E-state index is 0.00757. The van der Waals surface area contributed by atoms with Gasteiger partial charge in [0.2, 0.25) is 8.13 Å². The maximum atomic E-state index is 5.95. The molecule has 3 nitrogen and oxygen atoms in total. The zero-order valence-electron chi connectivity index (χ0n) is 7.32. The van der Waals surface area contributed by atoms with Crippen molar-refractivity contribution in [3.63, 3.8) is 0 Å². The van der Waals surface area contributed by atoms with Gasteiger partial charge in [-0.2, -0.15) is 0 Å². The van der Waals surface area contributed by atoms with Gasteiger partial charge in [0, 0.05) is 6.54 Å². The smallest absolute Gasteiger partial charge is 0.228 e. The van der Waals surface area contributed by atoms with E-state index in [1.54, 1.807) is 6.92 Å². The minimum Gasteiger partial charge on any atom is -0.245 e. The third-order valence-electron chi connectivity index (χ3n) is 1.65. The zero-order valence-corrected chi connectivity index (χ0v) is 11.9. The number of nitrogens with zero attached hydrogens (tertiary/aromatic N) is 3. The molecule has 0 aliphatic carbocycles. The number of aromatic nitrogens is 3. The summed E-state index contributed by atoms with van der Waals surface area (Å²) in [5.74, 6) is 0. The number of halogens is 6. The van der Waals surface area contributed by atoms with Crippen LogP contribution in [0.5, 0.6) is 0 Å². The van der Waals surface area contributed by atoms with Crippen LogP contribution in [-0.4, -0.2) is 18.8 Å². The molecule has 9 heteroatoms. The molecule has 0 unspecified atom stereocenters. The highest BCUT2D eigenvalue weighted by molar-refractivity contribution is 6.75. The Bertz CT molecular complexity index is 354. The predicted molar refractivity (Wildman–Crippen MR) is 64.4 cm³/mol. The van der Waals surface area contributed by atoms with Crippen molar-refractivity contribution in [2.24, 2.45) is 0 Å². The van der Waals surface area contributed by atoms with Crippen LogP contribution < -0.4 is 0 Å². The Balaban J connectivity index is 3.31. The summed E-state index contributed by atoms with van der Waals surface area (Å²) in [7, 11) is 0. The molecule has 0 saturated heterocycles. The first-order valence-corrected chi connectivity index (χ1v) is 6.02. The molecule has 0 atom stereocenters. The summed E-state index contributed by atoms with van der Waals surface area (Å²) in [4.78, 5) is 0. The molecular weight excluding hydrogens is 327 g/mol. The fourth-order valence-corrected chi connectivity index (χ4v) is 1.95. The van der Waals surface area contributed by atoms with Gasteiger partial charge in [0.05, 0.1) is 0 Å². The second-order valence-electron chi connectivity index (χ2n) is 2.62. The fourth-order valence-electron chi connectivity index (χ4n) is 0.939. The van der Waals surface area contributed by atoms with Crippen molar-refractivity contribution >= 4 is 69.6 Å². The Kier molecular flexibility index (Phi) is 4.30. The summed E-state index contributed by atoms with van der Waals surface area (Å²) in [6.07, 6.45) is 0. The minimum atomic E-state index is -1.94. The predicted octanol–water partition coefficient (Wildman–Crippen LogP) is 3.95. The second kappa shape index (κ2) is 4.63. The molecule has 1 aromatic heterocycles. The molecule has 0 saturated carbocycles. The molecule has 1 aromatic rings. The average molecular weight is 332 g/mol. The number of alkyl halides is 5. The summed E-state index contributed by atoms with van der Waals surface area (Å²) in [6.45, 7) is 2.26. The van der Waals surface area contributed by atoms with Crippen LogP contribution in [-0.2, 0) is 10.9 Å². The van der Waals surface area contributed by atoms with Crippen LogP contribution in [0.1, 0.15) is 12.6 Å². The first-order chi connectivity index (χ1) is 6.71. The van der Waals surface area contributed by atoms with Gasteiger partial charge in [-0.1, -0.05) is 74.8 Å². The van der Waals surface area contributed by atoms with Crippen molar-refractivity contribution in [2.45, 2.75) is 21.6 Å². The summed E-state index contributed by atoms with van der Waals surface area (Å²) < 4.78 is -2.38. The van der Waals surface area contributed by atoms with E-state index in [2.05, 4.69) is 10.3 Å². The second-order valence-corrected chi connectivity index (χ2v) is 6.58. The number of aryl methyl sites for hydroxylation is 1. The van der Waals surface area contributed by atoms with Crippen LogP contribution in [0.25, 0.3) is 0 Å². The van der Waals surface area contributed by atoms with Gasteiger partial charge in [-0.15, -0.1) is 5.10 Å². The molecule has 0 spiro atoms. The van der Waals surface area contributed by atoms with Crippen LogP contribution in [0, 0.1) is 0 Å². The fraction of sp³-hybridized carbons (Fsp3) is 0.667. The monoisotopic (exact) mass is 329 g/mol. The van der Waals surface area contributed by atoms with Crippen LogP contribution in [0.4, 0.5) is 0 Å². The van der Waals surface area contributed by atoms with Gasteiger partial charge < -0.3 is 0 Å². The van der Waals surface area contributed by atoms with Gasteiger partial charge in [0.15, 0.2) is 5.15 Å². The lowest BCUT2D eigenvalue weighted by molar-refractivity contribution is 0.581. The van der Waals surface area contributed by atoms with Crippen molar-refractivity contribution in [2.75, 3.05) is 0 Å². The third-order valence-corrected chi connectivity index (χ3v) is 4.26. The van der Waals surface area contributed by atoms with Crippen molar-refractivity contribution in [3.05, 3.63) is 10.8 Å². The van der Waals surface area contributed by atoms with E-state index in [-0.39, 0.29) is 10.8 Å². The van der Waals surface area contributed by atoms with Gasteiger partial charge in [0.25, 0.3) is 0 Å². The molecule has 0 amide bonds. The number of rotatable bonds is 2. The molecule has 1 heterocycles. The lowest BCUT2D eigenvalue weighted by atomic mass is 10.3. The van der Waals surface area contributed by atoms with Crippen molar-refractivity contribution in [3.8, 4) is 0 Å². The molecule has 0 aromatic carbocycles. The molecule has 15 heavy (non-hydrogen) atoms. The summed E-state index contributed by atoms with van der Waals surface area (Å²) in [5, 5.41) is 7.31. The highest BCUT2D eigenvalue weighted by Crippen LogP contribution is 2.53. The first kappa shape index (κ1) is 13.9. The van der Waals surface area contributed by atoms with Crippen molar-refractivity contribution in [1.29, 1.82) is 0 Å². The molecule has 0 N–H and O–H groups in total.